The maximum Gasteiger partial charge on any atom is 0.232 e. The van der Waals surface area contributed by atoms with E-state index in [1.807, 2.05) is 30.3 Å². The molecule has 1 unspecified atom stereocenters. The van der Waals surface area contributed by atoms with Gasteiger partial charge in [-0.15, -0.1) is 0 Å². The average molecular weight is 388 g/mol. The van der Waals surface area contributed by atoms with Crippen molar-refractivity contribution >= 4 is 34.9 Å². The molecule has 2 heterocycles. The number of anilines is 1. The number of benzene rings is 2. The summed E-state index contributed by atoms with van der Waals surface area (Å²) < 4.78 is 5.68. The fraction of sp³-hybridized carbons (Fsp3) is 0.158. The molecule has 2 aromatic carbocycles. The summed E-state index contributed by atoms with van der Waals surface area (Å²) in [4.78, 5) is 12.6. The van der Waals surface area contributed by atoms with Crippen LogP contribution in [0.25, 0.3) is 11.3 Å². The quantitative estimate of drug-likeness (QED) is 0.691. The SMILES string of the molecule is O=C(Nc1cc(-c2cccc(Cl)c2Cl)[nH]n1)C1COc2ccccc2C1. The lowest BCUT2D eigenvalue weighted by atomic mass is 9.96. The fourth-order valence-corrected chi connectivity index (χ4v) is 3.36. The Morgan fingerprint density at radius 1 is 1.19 bits per heavy atom. The predicted molar refractivity (Wildman–Crippen MR) is 102 cm³/mol. The van der Waals surface area contributed by atoms with Crippen molar-refractivity contribution in [1.29, 1.82) is 0 Å². The maximum atomic E-state index is 12.6. The second-order valence-corrected chi connectivity index (χ2v) is 6.86. The van der Waals surface area contributed by atoms with E-state index in [1.165, 1.54) is 0 Å². The first kappa shape index (κ1) is 16.9. The fourth-order valence-electron chi connectivity index (χ4n) is 2.96. The average Bonchev–Trinajstić information content (AvgIpc) is 3.11. The Bertz CT molecular complexity index is 971. The third-order valence-electron chi connectivity index (χ3n) is 4.32. The molecule has 0 saturated carbocycles. The Kier molecular flexibility index (Phi) is 4.57. The normalized spacial score (nSPS) is 15.8. The first-order valence-electron chi connectivity index (χ1n) is 8.13. The number of carbonyl (C=O) groups is 1. The number of aromatic nitrogens is 2. The number of para-hydroxylation sites is 1. The van der Waals surface area contributed by atoms with Crippen LogP contribution in [0.2, 0.25) is 10.0 Å². The van der Waals surface area contributed by atoms with E-state index in [2.05, 4.69) is 15.5 Å². The molecule has 5 nitrogen and oxygen atoms in total. The zero-order valence-corrected chi connectivity index (χ0v) is 15.1. The van der Waals surface area contributed by atoms with E-state index in [4.69, 9.17) is 27.9 Å². The molecule has 4 rings (SSSR count). The van der Waals surface area contributed by atoms with Crippen LogP contribution in [-0.2, 0) is 11.2 Å². The number of hydrogen-bond acceptors (Lipinski definition) is 3. The number of amides is 1. The number of halogens is 2. The van der Waals surface area contributed by atoms with Gasteiger partial charge in [0.25, 0.3) is 0 Å². The van der Waals surface area contributed by atoms with Crippen molar-refractivity contribution in [2.24, 2.45) is 5.92 Å². The lowest BCUT2D eigenvalue weighted by molar-refractivity contribution is -0.121. The summed E-state index contributed by atoms with van der Waals surface area (Å²) in [5, 5.41) is 10.7. The number of carbonyl (C=O) groups excluding carboxylic acids is 1. The zero-order valence-electron chi connectivity index (χ0n) is 13.6. The van der Waals surface area contributed by atoms with Crippen LogP contribution in [0.4, 0.5) is 5.82 Å². The minimum Gasteiger partial charge on any atom is -0.492 e. The largest absolute Gasteiger partial charge is 0.492 e. The molecule has 0 radical (unpaired) electrons. The first-order chi connectivity index (χ1) is 12.6. The van der Waals surface area contributed by atoms with Crippen molar-refractivity contribution in [1.82, 2.24) is 10.2 Å². The van der Waals surface area contributed by atoms with E-state index in [0.717, 1.165) is 16.9 Å². The van der Waals surface area contributed by atoms with Crippen molar-refractivity contribution in [2.75, 3.05) is 11.9 Å². The summed E-state index contributed by atoms with van der Waals surface area (Å²) in [7, 11) is 0. The predicted octanol–water partition coefficient (Wildman–Crippen LogP) is 4.57. The van der Waals surface area contributed by atoms with Crippen LogP contribution in [0, 0.1) is 5.92 Å². The van der Waals surface area contributed by atoms with Crippen LogP contribution < -0.4 is 10.1 Å². The van der Waals surface area contributed by atoms with E-state index in [9.17, 15) is 4.79 Å². The molecule has 0 spiro atoms. The number of hydrogen-bond donors (Lipinski definition) is 2. The smallest absolute Gasteiger partial charge is 0.232 e. The Hall–Kier alpha value is -2.50. The van der Waals surface area contributed by atoms with E-state index in [-0.39, 0.29) is 11.8 Å². The molecule has 0 bridgehead atoms. The maximum absolute atomic E-state index is 12.6. The van der Waals surface area contributed by atoms with Gasteiger partial charge >= 0.3 is 0 Å². The van der Waals surface area contributed by atoms with Gasteiger partial charge in [0, 0.05) is 11.6 Å². The molecule has 132 valence electrons. The first-order valence-corrected chi connectivity index (χ1v) is 8.89. The van der Waals surface area contributed by atoms with Crippen molar-refractivity contribution in [3.8, 4) is 17.0 Å². The topological polar surface area (TPSA) is 67.0 Å². The Morgan fingerprint density at radius 3 is 2.92 bits per heavy atom. The number of rotatable bonds is 3. The van der Waals surface area contributed by atoms with E-state index in [0.29, 0.717) is 34.6 Å². The molecule has 0 fully saturated rings. The van der Waals surface area contributed by atoms with Gasteiger partial charge in [-0.1, -0.05) is 53.5 Å². The van der Waals surface area contributed by atoms with Gasteiger partial charge in [0.15, 0.2) is 5.82 Å². The standard InChI is InChI=1S/C19H15Cl2N3O2/c20-14-6-3-5-13(18(14)21)15-9-17(24-23-15)22-19(25)12-8-11-4-1-2-7-16(11)26-10-12/h1-7,9,12H,8,10H2,(H2,22,23,24,25). The molecule has 2 N–H and O–H groups in total. The van der Waals surface area contributed by atoms with Crippen LogP contribution in [0.1, 0.15) is 5.56 Å². The second kappa shape index (κ2) is 7.02. The Morgan fingerprint density at radius 2 is 2.04 bits per heavy atom. The van der Waals surface area contributed by atoms with E-state index < -0.39 is 0 Å². The highest BCUT2D eigenvalue weighted by atomic mass is 35.5. The number of aromatic amines is 1. The summed E-state index contributed by atoms with van der Waals surface area (Å²) in [6, 6.07) is 14.8. The van der Waals surface area contributed by atoms with Gasteiger partial charge < -0.3 is 10.1 Å². The Labute approximate surface area is 160 Å². The molecular formula is C19H15Cl2N3O2. The van der Waals surface area contributed by atoms with E-state index >= 15 is 0 Å². The highest BCUT2D eigenvalue weighted by Crippen LogP contribution is 2.33. The van der Waals surface area contributed by atoms with Crippen molar-refractivity contribution in [3.63, 3.8) is 0 Å². The van der Waals surface area contributed by atoms with Crippen LogP contribution in [0.15, 0.2) is 48.5 Å². The third-order valence-corrected chi connectivity index (χ3v) is 5.14. The molecule has 0 saturated heterocycles. The van der Waals surface area contributed by atoms with Crippen molar-refractivity contribution in [2.45, 2.75) is 6.42 Å². The van der Waals surface area contributed by atoms with Crippen molar-refractivity contribution in [3.05, 3.63) is 64.1 Å². The third kappa shape index (κ3) is 3.28. The molecule has 26 heavy (non-hydrogen) atoms. The Balaban J connectivity index is 1.48. The summed E-state index contributed by atoms with van der Waals surface area (Å²) in [6.45, 7) is 0.347. The number of fused-ring (bicyclic) bond motifs is 1. The molecule has 3 aromatic rings. The van der Waals surface area contributed by atoms with Gasteiger partial charge in [-0.25, -0.2) is 0 Å². The van der Waals surface area contributed by atoms with Crippen LogP contribution in [-0.4, -0.2) is 22.7 Å². The zero-order chi connectivity index (χ0) is 18.1. The monoisotopic (exact) mass is 387 g/mol. The lowest BCUT2D eigenvalue weighted by Gasteiger charge is -2.24. The molecule has 1 aliphatic heterocycles. The highest BCUT2D eigenvalue weighted by molar-refractivity contribution is 6.43. The molecule has 1 atom stereocenters. The number of nitrogens with one attached hydrogen (secondary N) is 2. The molecule has 1 aromatic heterocycles. The van der Waals surface area contributed by atoms with Crippen molar-refractivity contribution < 1.29 is 9.53 Å². The molecule has 1 aliphatic rings. The summed E-state index contributed by atoms with van der Waals surface area (Å²) in [5.41, 5.74) is 2.44. The van der Waals surface area contributed by atoms with Crippen LogP contribution >= 0.6 is 23.2 Å². The molecule has 7 heteroatoms. The highest BCUT2D eigenvalue weighted by Gasteiger charge is 2.26. The molecule has 1 amide bonds. The summed E-state index contributed by atoms with van der Waals surface area (Å²) in [6.07, 6.45) is 0.638. The lowest BCUT2D eigenvalue weighted by Crippen LogP contribution is -2.32. The van der Waals surface area contributed by atoms with Gasteiger partial charge in [-0.3, -0.25) is 9.89 Å². The van der Waals surface area contributed by atoms with Gasteiger partial charge in [-0.05, 0) is 24.1 Å². The second-order valence-electron chi connectivity index (χ2n) is 6.08. The summed E-state index contributed by atoms with van der Waals surface area (Å²) >= 11 is 12.3. The van der Waals surface area contributed by atoms with Gasteiger partial charge in [0.1, 0.15) is 12.4 Å². The summed E-state index contributed by atoms with van der Waals surface area (Å²) in [5.74, 6) is 0.878. The minimum atomic E-state index is -0.264. The number of nitrogens with zero attached hydrogens (tertiary/aromatic N) is 1. The molecular weight excluding hydrogens is 373 g/mol. The van der Waals surface area contributed by atoms with Gasteiger partial charge in [-0.2, -0.15) is 5.10 Å². The minimum absolute atomic E-state index is 0.130. The van der Waals surface area contributed by atoms with Crippen LogP contribution in [0.5, 0.6) is 5.75 Å². The van der Waals surface area contributed by atoms with Gasteiger partial charge in [0.05, 0.1) is 21.7 Å². The molecule has 0 aliphatic carbocycles. The number of H-pyrrole nitrogens is 1. The van der Waals surface area contributed by atoms with Crippen LogP contribution in [0.3, 0.4) is 0 Å². The van der Waals surface area contributed by atoms with Gasteiger partial charge in [0.2, 0.25) is 5.91 Å². The number of ether oxygens (including phenoxy) is 1. The van der Waals surface area contributed by atoms with E-state index in [1.54, 1.807) is 18.2 Å².